The molecule has 144 valence electrons. The number of carbonyl (C=O) groups is 1. The highest BCUT2D eigenvalue weighted by Gasteiger charge is 2.20. The molecule has 6 heteroatoms. The minimum atomic E-state index is -0.00130. The van der Waals surface area contributed by atoms with Crippen LogP contribution in [-0.2, 0) is 0 Å². The topological polar surface area (TPSA) is 47.6 Å². The quantitative estimate of drug-likeness (QED) is 0.590. The predicted molar refractivity (Wildman–Crippen MR) is 113 cm³/mol. The van der Waals surface area contributed by atoms with Crippen LogP contribution in [0.4, 0.5) is 5.69 Å². The molecular formula is C20H32N4OS. The Labute approximate surface area is 163 Å². The van der Waals surface area contributed by atoms with E-state index in [1.54, 1.807) is 19.0 Å². The average Bonchev–Trinajstić information content (AvgIpc) is 2.58. The summed E-state index contributed by atoms with van der Waals surface area (Å²) in [5.41, 5.74) is 1.56. The van der Waals surface area contributed by atoms with Crippen LogP contribution in [0.5, 0.6) is 0 Å². The number of likely N-dealkylation sites (tertiary alicyclic amines) is 1. The summed E-state index contributed by atoms with van der Waals surface area (Å²) in [5.74, 6) is 1.60. The van der Waals surface area contributed by atoms with Gasteiger partial charge in [-0.15, -0.1) is 0 Å². The first kappa shape index (κ1) is 20.6. The van der Waals surface area contributed by atoms with Crippen LogP contribution in [0, 0.1) is 11.8 Å². The van der Waals surface area contributed by atoms with Crippen molar-refractivity contribution in [3.63, 3.8) is 0 Å². The molecule has 1 fully saturated rings. The third-order valence-electron chi connectivity index (χ3n) is 4.68. The first-order valence-corrected chi connectivity index (χ1v) is 9.85. The SMILES string of the molecule is C[C@@H]1C[C@H](C)CN(CCCNC(=S)Nc2ccc(C(=O)N(C)C)cc2)C1. The Balaban J connectivity index is 1.68. The Hall–Kier alpha value is -1.66. The van der Waals surface area contributed by atoms with Gasteiger partial charge in [0.2, 0.25) is 0 Å². The van der Waals surface area contributed by atoms with E-state index in [4.69, 9.17) is 12.2 Å². The molecule has 5 nitrogen and oxygen atoms in total. The molecule has 2 N–H and O–H groups in total. The van der Waals surface area contributed by atoms with Crippen LogP contribution >= 0.6 is 12.2 Å². The fourth-order valence-electron chi connectivity index (χ4n) is 3.61. The fourth-order valence-corrected chi connectivity index (χ4v) is 3.83. The number of carbonyl (C=O) groups excluding carboxylic acids is 1. The van der Waals surface area contributed by atoms with Gasteiger partial charge in [0.15, 0.2) is 5.11 Å². The Morgan fingerprint density at radius 1 is 1.19 bits per heavy atom. The molecule has 1 aromatic rings. The first-order valence-electron chi connectivity index (χ1n) is 9.44. The molecule has 0 aromatic heterocycles. The molecule has 2 atom stereocenters. The maximum atomic E-state index is 11.9. The molecule has 1 aliphatic rings. The summed E-state index contributed by atoms with van der Waals surface area (Å²) in [6.07, 6.45) is 2.43. The molecule has 0 unspecified atom stereocenters. The van der Waals surface area contributed by atoms with E-state index in [-0.39, 0.29) is 5.91 Å². The number of rotatable bonds is 6. The monoisotopic (exact) mass is 376 g/mol. The van der Waals surface area contributed by atoms with Crippen LogP contribution in [0.2, 0.25) is 0 Å². The number of nitrogens with zero attached hydrogens (tertiary/aromatic N) is 2. The van der Waals surface area contributed by atoms with E-state index in [9.17, 15) is 4.79 Å². The minimum absolute atomic E-state index is 0.00130. The number of benzene rings is 1. The number of anilines is 1. The van der Waals surface area contributed by atoms with E-state index in [1.807, 2.05) is 24.3 Å². The number of thiocarbonyl (C=S) groups is 1. The summed E-state index contributed by atoms with van der Waals surface area (Å²) in [5, 5.41) is 7.06. The lowest BCUT2D eigenvalue weighted by molar-refractivity contribution is 0.0827. The van der Waals surface area contributed by atoms with Gasteiger partial charge in [0.05, 0.1) is 0 Å². The van der Waals surface area contributed by atoms with Gasteiger partial charge in [0.25, 0.3) is 5.91 Å². The zero-order valence-corrected chi connectivity index (χ0v) is 17.2. The number of amides is 1. The van der Waals surface area contributed by atoms with Crippen molar-refractivity contribution >= 4 is 28.9 Å². The largest absolute Gasteiger partial charge is 0.362 e. The van der Waals surface area contributed by atoms with Gasteiger partial charge in [-0.2, -0.15) is 0 Å². The molecule has 1 aliphatic heterocycles. The highest BCUT2D eigenvalue weighted by molar-refractivity contribution is 7.80. The Morgan fingerprint density at radius 2 is 1.81 bits per heavy atom. The lowest BCUT2D eigenvalue weighted by Gasteiger charge is -2.34. The van der Waals surface area contributed by atoms with Gasteiger partial charge in [-0.05, 0) is 67.7 Å². The summed E-state index contributed by atoms with van der Waals surface area (Å²) in [6.45, 7) is 9.10. The predicted octanol–water partition coefficient (Wildman–Crippen LogP) is 3.04. The number of hydrogen-bond donors (Lipinski definition) is 2. The molecule has 1 amide bonds. The number of piperidine rings is 1. The Bertz CT molecular complexity index is 592. The van der Waals surface area contributed by atoms with Gasteiger partial charge < -0.3 is 20.4 Å². The summed E-state index contributed by atoms with van der Waals surface area (Å²) >= 11 is 5.36. The molecule has 2 rings (SSSR count). The van der Waals surface area contributed by atoms with Gasteiger partial charge in [-0.3, -0.25) is 4.79 Å². The maximum Gasteiger partial charge on any atom is 0.253 e. The van der Waals surface area contributed by atoms with Crippen molar-refractivity contribution in [3.05, 3.63) is 29.8 Å². The zero-order valence-electron chi connectivity index (χ0n) is 16.4. The van der Waals surface area contributed by atoms with Crippen LogP contribution in [0.25, 0.3) is 0 Å². The molecule has 1 saturated heterocycles. The van der Waals surface area contributed by atoms with Crippen molar-refractivity contribution in [3.8, 4) is 0 Å². The number of nitrogens with one attached hydrogen (secondary N) is 2. The molecule has 1 aromatic carbocycles. The molecule has 1 heterocycles. The molecule has 26 heavy (non-hydrogen) atoms. The molecule has 0 radical (unpaired) electrons. The van der Waals surface area contributed by atoms with E-state index in [0.29, 0.717) is 10.7 Å². The van der Waals surface area contributed by atoms with Crippen LogP contribution < -0.4 is 10.6 Å². The van der Waals surface area contributed by atoms with Crippen LogP contribution in [0.15, 0.2) is 24.3 Å². The van der Waals surface area contributed by atoms with E-state index in [2.05, 4.69) is 29.4 Å². The van der Waals surface area contributed by atoms with Gasteiger partial charge in [-0.25, -0.2) is 0 Å². The second-order valence-corrected chi connectivity index (χ2v) is 8.13. The van der Waals surface area contributed by atoms with Crippen molar-refractivity contribution in [2.75, 3.05) is 45.6 Å². The van der Waals surface area contributed by atoms with Gasteiger partial charge in [0, 0.05) is 45.0 Å². The third kappa shape index (κ3) is 6.57. The summed E-state index contributed by atoms with van der Waals surface area (Å²) < 4.78 is 0. The van der Waals surface area contributed by atoms with E-state index >= 15 is 0 Å². The zero-order chi connectivity index (χ0) is 19.1. The van der Waals surface area contributed by atoms with Crippen LogP contribution in [0.3, 0.4) is 0 Å². The minimum Gasteiger partial charge on any atom is -0.362 e. The first-order chi connectivity index (χ1) is 12.3. The average molecular weight is 377 g/mol. The highest BCUT2D eigenvalue weighted by atomic mass is 32.1. The maximum absolute atomic E-state index is 11.9. The lowest BCUT2D eigenvalue weighted by atomic mass is 9.92. The molecule has 0 aliphatic carbocycles. The van der Waals surface area contributed by atoms with Gasteiger partial charge >= 0.3 is 0 Å². The third-order valence-corrected chi connectivity index (χ3v) is 4.92. The van der Waals surface area contributed by atoms with Crippen LogP contribution in [-0.4, -0.2) is 61.1 Å². The van der Waals surface area contributed by atoms with Crippen molar-refractivity contribution in [1.29, 1.82) is 0 Å². The highest BCUT2D eigenvalue weighted by Crippen LogP contribution is 2.20. The molecule has 0 bridgehead atoms. The fraction of sp³-hybridized carbons (Fsp3) is 0.600. The van der Waals surface area contributed by atoms with Crippen molar-refractivity contribution in [2.24, 2.45) is 11.8 Å². The molecule has 0 saturated carbocycles. The number of hydrogen-bond acceptors (Lipinski definition) is 3. The Kier molecular flexibility index (Phi) is 7.85. The van der Waals surface area contributed by atoms with Gasteiger partial charge in [0.1, 0.15) is 0 Å². The van der Waals surface area contributed by atoms with Gasteiger partial charge in [-0.1, -0.05) is 13.8 Å². The van der Waals surface area contributed by atoms with Crippen LogP contribution in [0.1, 0.15) is 37.0 Å². The molecule has 0 spiro atoms. The molecular weight excluding hydrogens is 344 g/mol. The second kappa shape index (κ2) is 9.88. The summed E-state index contributed by atoms with van der Waals surface area (Å²) in [4.78, 5) is 16.0. The van der Waals surface area contributed by atoms with E-state index in [0.717, 1.165) is 37.0 Å². The smallest absolute Gasteiger partial charge is 0.253 e. The van der Waals surface area contributed by atoms with Crippen molar-refractivity contribution < 1.29 is 4.79 Å². The summed E-state index contributed by atoms with van der Waals surface area (Å²) in [6, 6.07) is 7.38. The van der Waals surface area contributed by atoms with E-state index < -0.39 is 0 Å². The Morgan fingerprint density at radius 3 is 2.38 bits per heavy atom. The van der Waals surface area contributed by atoms with E-state index in [1.165, 1.54) is 19.5 Å². The lowest BCUT2D eigenvalue weighted by Crippen LogP contribution is -2.40. The normalized spacial score (nSPS) is 20.5. The van der Waals surface area contributed by atoms with Crippen molar-refractivity contribution in [1.82, 2.24) is 15.1 Å². The second-order valence-electron chi connectivity index (χ2n) is 7.72. The van der Waals surface area contributed by atoms with Crippen molar-refractivity contribution in [2.45, 2.75) is 26.7 Å². The standard InChI is InChI=1S/C20H32N4OS/c1-15-12-16(2)14-24(13-15)11-5-10-21-20(26)22-18-8-6-17(7-9-18)19(25)23(3)4/h6-9,15-16H,5,10-14H2,1-4H3,(H2,21,22,26)/t15-,16+. The summed E-state index contributed by atoms with van der Waals surface area (Å²) in [7, 11) is 3.50.